The minimum atomic E-state index is -1.23. The first-order chi connectivity index (χ1) is 15.6. The molecule has 5 atom stereocenters. The van der Waals surface area contributed by atoms with Gasteiger partial charge in [0.05, 0.1) is 7.11 Å². The van der Waals surface area contributed by atoms with Gasteiger partial charge in [-0.2, -0.15) is 0 Å². The summed E-state index contributed by atoms with van der Waals surface area (Å²) in [4.78, 5) is 51.3. The van der Waals surface area contributed by atoms with Crippen LogP contribution in [0.3, 0.4) is 0 Å². The van der Waals surface area contributed by atoms with Crippen molar-refractivity contribution in [2.24, 2.45) is 0 Å². The van der Waals surface area contributed by atoms with E-state index < -0.39 is 54.5 Å². The van der Waals surface area contributed by atoms with Gasteiger partial charge in [0, 0.05) is 27.7 Å². The maximum atomic E-state index is 11.9. The predicted molar refractivity (Wildman–Crippen MR) is 109 cm³/mol. The maximum absolute atomic E-state index is 11.9. The predicted octanol–water partition coefficient (Wildman–Crippen LogP) is 0.662. The van der Waals surface area contributed by atoms with Gasteiger partial charge in [0.15, 0.2) is 12.2 Å². The Bertz CT molecular complexity index is 841. The first-order valence-corrected chi connectivity index (χ1v) is 9.97. The number of carbonyl (C=O) groups excluding carboxylic acids is 4. The molecule has 12 nitrogen and oxygen atoms in total. The first-order valence-electron chi connectivity index (χ1n) is 9.97. The molecule has 2 rings (SSSR count). The average Bonchev–Trinajstić information content (AvgIpc) is 2.73. The summed E-state index contributed by atoms with van der Waals surface area (Å²) in [5.74, 6) is -1.77. The number of hydrogen-bond donors (Lipinski definition) is 1. The highest BCUT2D eigenvalue weighted by atomic mass is 16.7. The number of benzene rings is 1. The second-order valence-corrected chi connectivity index (χ2v) is 7.02. The number of methoxy groups -OCH3 is 1. The molecule has 1 aromatic carbocycles. The lowest BCUT2D eigenvalue weighted by atomic mass is 9.96. The lowest BCUT2D eigenvalue weighted by Crippen LogP contribution is -2.66. The summed E-state index contributed by atoms with van der Waals surface area (Å²) in [6.45, 7) is 4.34. The van der Waals surface area contributed by atoms with Crippen molar-refractivity contribution in [3.8, 4) is 11.5 Å². The van der Waals surface area contributed by atoms with Crippen molar-refractivity contribution >= 4 is 23.9 Å². The van der Waals surface area contributed by atoms with Crippen LogP contribution in [0.4, 0.5) is 0 Å². The smallest absolute Gasteiger partial charge is 0.321 e. The summed E-state index contributed by atoms with van der Waals surface area (Å²) in [7, 11) is 1.51. The molecule has 0 spiro atoms. The lowest BCUT2D eigenvalue weighted by molar-refractivity contribution is -0.268. The molecule has 1 aromatic rings. The zero-order valence-electron chi connectivity index (χ0n) is 18.9. The van der Waals surface area contributed by atoms with Gasteiger partial charge in [0.25, 0.3) is 0 Å². The third kappa shape index (κ3) is 7.91. The first kappa shape index (κ1) is 25.9. The van der Waals surface area contributed by atoms with E-state index in [-0.39, 0.29) is 6.61 Å². The van der Waals surface area contributed by atoms with Gasteiger partial charge < -0.3 is 33.3 Å². The average molecular weight is 469 g/mol. The van der Waals surface area contributed by atoms with E-state index in [9.17, 15) is 19.2 Å². The Kier molecular flexibility index (Phi) is 9.43. The molecule has 1 fully saturated rings. The molecule has 1 heterocycles. The molecule has 0 amide bonds. The third-order valence-electron chi connectivity index (χ3n) is 4.35. The SMILES string of the molecule is COc1ccc(O[C@@H]2O[C@H](COC(C)=O)[C@H](OC(C)=O)[C@@H](OC(C)=O)[C@@H]2NOC(C)=O)cc1. The quantitative estimate of drug-likeness (QED) is 0.308. The minimum Gasteiger partial charge on any atom is -0.497 e. The molecule has 0 bridgehead atoms. The van der Waals surface area contributed by atoms with Gasteiger partial charge >= 0.3 is 23.9 Å². The Hall–Kier alpha value is -3.38. The number of ether oxygens (including phenoxy) is 6. The third-order valence-corrected chi connectivity index (χ3v) is 4.35. The van der Waals surface area contributed by atoms with Crippen molar-refractivity contribution in [1.29, 1.82) is 0 Å². The molecule has 1 aliphatic heterocycles. The highest BCUT2D eigenvalue weighted by Crippen LogP contribution is 2.29. The molecule has 0 aromatic heterocycles. The Morgan fingerprint density at radius 2 is 1.42 bits per heavy atom. The lowest BCUT2D eigenvalue weighted by Gasteiger charge is -2.44. The largest absolute Gasteiger partial charge is 0.497 e. The number of esters is 3. The molecule has 33 heavy (non-hydrogen) atoms. The van der Waals surface area contributed by atoms with E-state index >= 15 is 0 Å². The summed E-state index contributed by atoms with van der Waals surface area (Å²) in [5, 5.41) is 0. The molecular formula is C21H27NO11. The van der Waals surface area contributed by atoms with E-state index in [1.165, 1.54) is 14.0 Å². The number of rotatable bonds is 9. The van der Waals surface area contributed by atoms with Gasteiger partial charge in [-0.25, -0.2) is 0 Å². The molecule has 12 heteroatoms. The van der Waals surface area contributed by atoms with Gasteiger partial charge in [-0.3, -0.25) is 19.2 Å². The van der Waals surface area contributed by atoms with Crippen LogP contribution in [-0.2, 0) is 43.0 Å². The molecule has 1 aliphatic rings. The monoisotopic (exact) mass is 469 g/mol. The molecule has 1 saturated heterocycles. The van der Waals surface area contributed by atoms with Crippen LogP contribution in [0.25, 0.3) is 0 Å². The second kappa shape index (κ2) is 12.0. The Balaban J connectivity index is 2.42. The van der Waals surface area contributed by atoms with Crippen LogP contribution in [0.2, 0.25) is 0 Å². The zero-order chi connectivity index (χ0) is 24.5. The van der Waals surface area contributed by atoms with Crippen LogP contribution >= 0.6 is 0 Å². The van der Waals surface area contributed by atoms with Gasteiger partial charge in [0.1, 0.15) is 30.3 Å². The molecule has 0 radical (unpaired) electrons. The normalized spacial score (nSPS) is 24.2. The summed E-state index contributed by atoms with van der Waals surface area (Å²) in [6.07, 6.45) is -4.74. The molecule has 182 valence electrons. The maximum Gasteiger partial charge on any atom is 0.321 e. The fourth-order valence-corrected chi connectivity index (χ4v) is 3.07. The van der Waals surface area contributed by atoms with Crippen molar-refractivity contribution in [2.45, 2.75) is 58.3 Å². The van der Waals surface area contributed by atoms with Gasteiger partial charge in [-0.05, 0) is 24.3 Å². The molecular weight excluding hydrogens is 442 g/mol. The van der Waals surface area contributed by atoms with Crippen LogP contribution in [0.15, 0.2) is 24.3 Å². The summed E-state index contributed by atoms with van der Waals surface area (Å²) in [5.41, 5.74) is 2.46. The Morgan fingerprint density at radius 1 is 0.848 bits per heavy atom. The van der Waals surface area contributed by atoms with Gasteiger partial charge in [0.2, 0.25) is 6.29 Å². The minimum absolute atomic E-state index is 0.326. The summed E-state index contributed by atoms with van der Waals surface area (Å²) < 4.78 is 32.7. The number of carbonyl (C=O) groups is 4. The highest BCUT2D eigenvalue weighted by Gasteiger charge is 2.52. The van der Waals surface area contributed by atoms with Gasteiger partial charge in [-0.15, -0.1) is 5.48 Å². The topological polar surface area (TPSA) is 145 Å². The van der Waals surface area contributed by atoms with Gasteiger partial charge in [-0.1, -0.05) is 0 Å². The van der Waals surface area contributed by atoms with Crippen molar-refractivity contribution in [1.82, 2.24) is 5.48 Å². The summed E-state index contributed by atoms with van der Waals surface area (Å²) in [6, 6.07) is 5.37. The standard InChI is InChI=1S/C21H27NO11/c1-11(23)28-10-17-19(29-12(2)24)20(30-13(3)25)18(22-33-14(4)26)21(32-17)31-16-8-6-15(27-5)7-9-16/h6-9,17-22H,10H2,1-5H3/t17-,18+,19+,20+,21-/m1/s1. The highest BCUT2D eigenvalue weighted by molar-refractivity contribution is 5.68. The molecule has 0 aliphatic carbocycles. The van der Waals surface area contributed by atoms with E-state index in [1.807, 2.05) is 0 Å². The second-order valence-electron chi connectivity index (χ2n) is 7.02. The number of hydroxylamine groups is 1. The van der Waals surface area contributed by atoms with E-state index in [0.29, 0.717) is 11.5 Å². The van der Waals surface area contributed by atoms with Crippen LogP contribution in [-0.4, -0.2) is 68.2 Å². The Morgan fingerprint density at radius 3 is 1.94 bits per heavy atom. The van der Waals surface area contributed by atoms with Crippen LogP contribution in [0, 0.1) is 0 Å². The van der Waals surface area contributed by atoms with E-state index in [2.05, 4.69) is 5.48 Å². The van der Waals surface area contributed by atoms with Crippen molar-refractivity contribution in [2.75, 3.05) is 13.7 Å². The number of hydrogen-bond acceptors (Lipinski definition) is 12. The van der Waals surface area contributed by atoms with E-state index in [1.54, 1.807) is 24.3 Å². The van der Waals surface area contributed by atoms with Crippen LogP contribution < -0.4 is 15.0 Å². The number of nitrogens with one attached hydrogen (secondary N) is 1. The van der Waals surface area contributed by atoms with E-state index in [4.69, 9.17) is 33.3 Å². The summed E-state index contributed by atoms with van der Waals surface area (Å²) >= 11 is 0. The fourth-order valence-electron chi connectivity index (χ4n) is 3.07. The fraction of sp³-hybridized carbons (Fsp3) is 0.524. The van der Waals surface area contributed by atoms with Crippen molar-refractivity contribution in [3.63, 3.8) is 0 Å². The van der Waals surface area contributed by atoms with Crippen LogP contribution in [0.5, 0.6) is 11.5 Å². The molecule has 1 N–H and O–H groups in total. The van der Waals surface area contributed by atoms with Crippen molar-refractivity contribution in [3.05, 3.63) is 24.3 Å². The van der Waals surface area contributed by atoms with E-state index in [0.717, 1.165) is 20.8 Å². The van der Waals surface area contributed by atoms with Crippen LogP contribution in [0.1, 0.15) is 27.7 Å². The zero-order valence-corrected chi connectivity index (χ0v) is 18.9. The molecule has 0 saturated carbocycles. The molecule has 0 unspecified atom stereocenters. The Labute approximate surface area is 190 Å². The van der Waals surface area contributed by atoms with Crippen molar-refractivity contribution < 1.29 is 52.4 Å².